The summed E-state index contributed by atoms with van der Waals surface area (Å²) in [5.41, 5.74) is 4.65. The van der Waals surface area contributed by atoms with Crippen molar-refractivity contribution in [1.82, 2.24) is 0 Å². The molecule has 0 saturated heterocycles. The molecule has 0 aromatic rings. The van der Waals surface area contributed by atoms with E-state index in [1.54, 1.807) is 6.92 Å². The molecule has 0 radical (unpaired) electrons. The molecule has 74 valence electrons. The Balaban J connectivity index is 0. The van der Waals surface area contributed by atoms with Crippen molar-refractivity contribution in [1.29, 1.82) is 0 Å². The van der Waals surface area contributed by atoms with Crippen LogP contribution in [0.1, 0.15) is 13.3 Å². The second-order valence-electron chi connectivity index (χ2n) is 1.83. The van der Waals surface area contributed by atoms with Crippen LogP contribution in [0.2, 0.25) is 0 Å². The number of hydrogen-bond donors (Lipinski definition) is 3. The van der Waals surface area contributed by atoms with E-state index in [4.69, 9.17) is 10.2 Å². The van der Waals surface area contributed by atoms with Crippen molar-refractivity contribution in [3.05, 3.63) is 12.2 Å². The van der Waals surface area contributed by atoms with Gasteiger partial charge in [0.15, 0.2) is 0 Å². The van der Waals surface area contributed by atoms with E-state index >= 15 is 0 Å². The summed E-state index contributed by atoms with van der Waals surface area (Å²) in [6.07, 6.45) is 1.56. The molecule has 0 fully saturated rings. The molecule has 0 aliphatic carbocycles. The molecule has 0 unspecified atom stereocenters. The highest BCUT2D eigenvalue weighted by Crippen LogP contribution is 1.70. The predicted octanol–water partition coefficient (Wildman–Crippen LogP) is -0.406. The lowest BCUT2D eigenvalue weighted by Gasteiger charge is -1.74. The summed E-state index contributed by atoms with van der Waals surface area (Å²) in [5.74, 6) is -2.76. The number of carboxylic acid groups (broad SMARTS) is 2. The number of hydrogen-bond acceptors (Lipinski definition) is 3. The van der Waals surface area contributed by atoms with E-state index in [1.165, 1.54) is 0 Å². The van der Waals surface area contributed by atoms with Crippen LogP contribution >= 0.6 is 0 Å². The van der Waals surface area contributed by atoms with Crippen molar-refractivity contribution in [3.63, 3.8) is 0 Å². The van der Waals surface area contributed by atoms with E-state index in [0.29, 0.717) is 18.6 Å². The number of nitrogens with two attached hydrogens (primary N) is 1. The third kappa shape index (κ3) is 25.4. The van der Waals surface area contributed by atoms with Gasteiger partial charge < -0.3 is 15.9 Å². The van der Waals surface area contributed by atoms with Crippen LogP contribution in [0.5, 0.6) is 0 Å². The summed E-state index contributed by atoms with van der Waals surface area (Å²) >= 11 is 0. The van der Waals surface area contributed by atoms with Crippen molar-refractivity contribution in [3.8, 4) is 0 Å². The molecule has 0 rings (SSSR count). The minimum Gasteiger partial charge on any atom is -0.478 e. The van der Waals surface area contributed by atoms with Gasteiger partial charge >= 0.3 is 11.9 Å². The van der Waals surface area contributed by atoms with Gasteiger partial charge in [-0.05, 0) is 0 Å². The second-order valence-corrected chi connectivity index (χ2v) is 1.83. The summed E-state index contributed by atoms with van der Waals surface area (Å²) < 4.78 is 0. The SMILES string of the molecule is CCC(N)=O.O=C(O)/C=C\C(=O)O. The molecule has 0 aliphatic heterocycles. The van der Waals surface area contributed by atoms with Gasteiger partial charge in [0.1, 0.15) is 0 Å². The van der Waals surface area contributed by atoms with Gasteiger partial charge in [-0.1, -0.05) is 6.92 Å². The molecule has 0 saturated carbocycles. The van der Waals surface area contributed by atoms with Crippen LogP contribution in [0.3, 0.4) is 0 Å². The number of carboxylic acids is 2. The van der Waals surface area contributed by atoms with Gasteiger partial charge in [0, 0.05) is 18.6 Å². The van der Waals surface area contributed by atoms with Crippen molar-refractivity contribution in [2.75, 3.05) is 0 Å². The Morgan fingerprint density at radius 3 is 1.46 bits per heavy atom. The first-order valence-electron chi connectivity index (χ1n) is 3.32. The van der Waals surface area contributed by atoms with Crippen LogP contribution in [0.15, 0.2) is 12.2 Å². The average molecular weight is 189 g/mol. The van der Waals surface area contributed by atoms with Crippen molar-refractivity contribution < 1.29 is 24.6 Å². The van der Waals surface area contributed by atoms with E-state index < -0.39 is 11.9 Å². The maximum atomic E-state index is 9.59. The number of aliphatic carboxylic acids is 2. The Bertz CT molecular complexity index is 205. The topological polar surface area (TPSA) is 118 Å². The fraction of sp³-hybridized carbons (Fsp3) is 0.286. The van der Waals surface area contributed by atoms with Gasteiger partial charge in [-0.15, -0.1) is 0 Å². The van der Waals surface area contributed by atoms with E-state index in [2.05, 4.69) is 5.73 Å². The van der Waals surface area contributed by atoms with Gasteiger partial charge in [0.2, 0.25) is 5.91 Å². The van der Waals surface area contributed by atoms with Crippen LogP contribution in [-0.4, -0.2) is 28.1 Å². The first kappa shape index (κ1) is 13.7. The highest BCUT2D eigenvalue weighted by molar-refractivity contribution is 5.89. The Morgan fingerprint density at radius 2 is 1.38 bits per heavy atom. The van der Waals surface area contributed by atoms with Gasteiger partial charge in [-0.3, -0.25) is 4.79 Å². The van der Waals surface area contributed by atoms with Crippen LogP contribution in [0.4, 0.5) is 0 Å². The molecule has 0 aliphatic rings. The summed E-state index contributed by atoms with van der Waals surface area (Å²) in [5, 5.41) is 15.6. The lowest BCUT2D eigenvalue weighted by atomic mass is 10.5. The maximum Gasteiger partial charge on any atom is 0.328 e. The number of primary amides is 1. The van der Waals surface area contributed by atoms with Crippen LogP contribution in [0.25, 0.3) is 0 Å². The summed E-state index contributed by atoms with van der Waals surface area (Å²) in [6.45, 7) is 1.72. The third-order valence-electron chi connectivity index (χ3n) is 0.717. The van der Waals surface area contributed by atoms with Gasteiger partial charge in [-0.2, -0.15) is 0 Å². The van der Waals surface area contributed by atoms with Crippen LogP contribution < -0.4 is 5.73 Å². The molecule has 4 N–H and O–H groups in total. The van der Waals surface area contributed by atoms with Gasteiger partial charge in [0.25, 0.3) is 0 Å². The largest absolute Gasteiger partial charge is 0.478 e. The van der Waals surface area contributed by atoms with Crippen LogP contribution in [-0.2, 0) is 14.4 Å². The quantitative estimate of drug-likeness (QED) is 0.522. The Kier molecular flexibility index (Phi) is 8.71. The molecule has 6 heteroatoms. The van der Waals surface area contributed by atoms with E-state index in [-0.39, 0.29) is 5.91 Å². The highest BCUT2D eigenvalue weighted by Gasteiger charge is 1.88. The van der Waals surface area contributed by atoms with Gasteiger partial charge in [-0.25, -0.2) is 9.59 Å². The molecular formula is C7H11NO5. The second kappa shape index (κ2) is 8.25. The maximum absolute atomic E-state index is 9.59. The normalized spacial score (nSPS) is 8.69. The minimum absolute atomic E-state index is 0.245. The Morgan fingerprint density at radius 1 is 1.15 bits per heavy atom. The molecular weight excluding hydrogens is 178 g/mol. The number of rotatable bonds is 3. The van der Waals surface area contributed by atoms with E-state index in [0.717, 1.165) is 0 Å². The first-order chi connectivity index (χ1) is 5.90. The molecule has 0 heterocycles. The Hall–Kier alpha value is -1.85. The van der Waals surface area contributed by atoms with Gasteiger partial charge in [0.05, 0.1) is 0 Å². The molecule has 0 spiro atoms. The number of carbonyl (C=O) groups is 3. The molecule has 0 bridgehead atoms. The highest BCUT2D eigenvalue weighted by atomic mass is 16.4. The fourth-order valence-electron chi connectivity index (χ4n) is 0.143. The van der Waals surface area contributed by atoms with Crippen LogP contribution in [0, 0.1) is 0 Å². The lowest BCUT2D eigenvalue weighted by molar-refractivity contribution is -0.134. The molecule has 0 aromatic heterocycles. The standard InChI is InChI=1S/C4H4O4.C3H7NO/c5-3(6)1-2-4(7)8;1-2-3(4)5/h1-2H,(H,5,6)(H,7,8);2H2,1H3,(H2,4,5)/b2-1-;. The first-order valence-corrected chi connectivity index (χ1v) is 3.32. The summed E-state index contributed by atoms with van der Waals surface area (Å²) in [7, 11) is 0. The zero-order valence-corrected chi connectivity index (χ0v) is 7.06. The van der Waals surface area contributed by atoms with E-state index in [9.17, 15) is 14.4 Å². The molecule has 6 nitrogen and oxygen atoms in total. The van der Waals surface area contributed by atoms with Crippen molar-refractivity contribution in [2.45, 2.75) is 13.3 Å². The van der Waals surface area contributed by atoms with E-state index in [1.807, 2.05) is 0 Å². The number of amides is 1. The van der Waals surface area contributed by atoms with Crippen molar-refractivity contribution in [2.24, 2.45) is 5.73 Å². The minimum atomic E-state index is -1.26. The average Bonchev–Trinajstić information content (AvgIpc) is 2.02. The smallest absolute Gasteiger partial charge is 0.328 e. The Labute approximate surface area is 74.7 Å². The molecule has 1 amide bonds. The zero-order valence-electron chi connectivity index (χ0n) is 7.06. The molecule has 0 aromatic carbocycles. The predicted molar refractivity (Wildman–Crippen MR) is 43.9 cm³/mol. The third-order valence-corrected chi connectivity index (χ3v) is 0.717. The number of carbonyl (C=O) groups excluding carboxylic acids is 1. The molecule has 13 heavy (non-hydrogen) atoms. The molecule has 0 atom stereocenters. The lowest BCUT2D eigenvalue weighted by Crippen LogP contribution is -2.06. The summed E-state index contributed by atoms with van der Waals surface area (Å²) in [6, 6.07) is 0. The summed E-state index contributed by atoms with van der Waals surface area (Å²) in [4.78, 5) is 28.7. The fourth-order valence-corrected chi connectivity index (χ4v) is 0.143. The monoisotopic (exact) mass is 189 g/mol. The van der Waals surface area contributed by atoms with Crippen molar-refractivity contribution >= 4 is 17.8 Å². The zero-order chi connectivity index (χ0) is 10.9.